The maximum absolute atomic E-state index is 13.3. The summed E-state index contributed by atoms with van der Waals surface area (Å²) in [5, 5.41) is 25.3. The fourth-order valence-corrected chi connectivity index (χ4v) is 4.53. The maximum Gasteiger partial charge on any atom is 0.132 e. The Balaban J connectivity index is 1.72. The van der Waals surface area contributed by atoms with Crippen LogP contribution in [-0.2, 0) is 0 Å². The van der Waals surface area contributed by atoms with Gasteiger partial charge in [-0.25, -0.2) is 0 Å². The fraction of sp³-hybridized carbons (Fsp3) is 0.421. The lowest BCUT2D eigenvalue weighted by atomic mass is 9.73. The van der Waals surface area contributed by atoms with Gasteiger partial charge in [0, 0.05) is 30.3 Å². The van der Waals surface area contributed by atoms with E-state index >= 15 is 0 Å². The number of hydrogen-bond acceptors (Lipinski definition) is 3. The number of piperidine rings is 3. The molecule has 2 bridgehead atoms. The van der Waals surface area contributed by atoms with Gasteiger partial charge < -0.3 is 15.0 Å². The first kappa shape index (κ1) is 14.8. The zero-order chi connectivity index (χ0) is 16.0. The van der Waals surface area contributed by atoms with Crippen LogP contribution in [0.5, 0.6) is 0 Å². The van der Waals surface area contributed by atoms with Crippen LogP contribution >= 0.6 is 0 Å². The minimum Gasteiger partial charge on any atom is -0.632 e. The van der Waals surface area contributed by atoms with Gasteiger partial charge in [0.25, 0.3) is 0 Å². The molecule has 1 unspecified atom stereocenters. The number of nitrogens with zero attached hydrogens (tertiary/aromatic N) is 2. The summed E-state index contributed by atoms with van der Waals surface area (Å²) in [7, 11) is 0. The molecule has 5 rings (SSSR count). The standard InChI is InChI=1S/C19H22N2O2/c1-2-13-12-21(23)10-8-14(13)11-18(21)19(22)16-7-9-20-17-6-4-3-5-15(16)17/h2-7,9,13-14,18-19,22H,1,8,10-12H2/t13-,14-,18+,19-,21?/m0/s1. The highest BCUT2D eigenvalue weighted by Crippen LogP contribution is 2.46. The van der Waals surface area contributed by atoms with Crippen molar-refractivity contribution in [3.05, 3.63) is 60.0 Å². The minimum atomic E-state index is -0.742. The number of aliphatic hydroxyl groups is 1. The van der Waals surface area contributed by atoms with E-state index in [0.29, 0.717) is 24.9 Å². The molecule has 1 N–H and O–H groups in total. The molecule has 3 fully saturated rings. The smallest absolute Gasteiger partial charge is 0.132 e. The Morgan fingerprint density at radius 3 is 2.96 bits per heavy atom. The summed E-state index contributed by atoms with van der Waals surface area (Å²) in [6.07, 6.45) is 4.63. The highest BCUT2D eigenvalue weighted by molar-refractivity contribution is 5.82. The molecule has 0 saturated carbocycles. The number of aromatic nitrogens is 1. The first-order chi connectivity index (χ1) is 11.1. The Kier molecular flexibility index (Phi) is 3.48. The average Bonchev–Trinajstić information content (AvgIpc) is 2.60. The minimum absolute atomic E-state index is 0.282. The number of pyridine rings is 1. The van der Waals surface area contributed by atoms with Gasteiger partial charge in [-0.1, -0.05) is 24.3 Å². The van der Waals surface area contributed by atoms with Crippen LogP contribution in [0, 0.1) is 17.0 Å². The van der Waals surface area contributed by atoms with Gasteiger partial charge in [-0.15, -0.1) is 6.58 Å². The van der Waals surface area contributed by atoms with Crippen LogP contribution in [0.15, 0.2) is 49.2 Å². The number of para-hydroxylation sites is 1. The average molecular weight is 310 g/mol. The van der Waals surface area contributed by atoms with Crippen LogP contribution in [0.25, 0.3) is 10.9 Å². The normalized spacial score (nSPS) is 34.4. The lowest BCUT2D eigenvalue weighted by Gasteiger charge is -2.61. The number of benzene rings is 1. The molecule has 23 heavy (non-hydrogen) atoms. The molecule has 0 radical (unpaired) electrons. The van der Waals surface area contributed by atoms with Crippen LogP contribution in [0.1, 0.15) is 24.5 Å². The second-order valence-corrected chi connectivity index (χ2v) is 6.97. The Morgan fingerprint density at radius 1 is 1.35 bits per heavy atom. The van der Waals surface area contributed by atoms with E-state index in [4.69, 9.17) is 0 Å². The van der Waals surface area contributed by atoms with Gasteiger partial charge in [0.1, 0.15) is 12.1 Å². The number of aliphatic hydroxyl groups excluding tert-OH is 1. The molecular weight excluding hydrogens is 288 g/mol. The van der Waals surface area contributed by atoms with Crippen LogP contribution in [0.2, 0.25) is 0 Å². The highest BCUT2D eigenvalue weighted by atomic mass is 16.6. The summed E-state index contributed by atoms with van der Waals surface area (Å²) < 4.78 is -0.287. The van der Waals surface area contributed by atoms with Crippen molar-refractivity contribution in [1.82, 2.24) is 4.98 Å². The molecule has 1 aromatic heterocycles. The zero-order valence-corrected chi connectivity index (χ0v) is 13.1. The number of quaternary nitrogens is 1. The third-order valence-electron chi connectivity index (χ3n) is 5.82. The van der Waals surface area contributed by atoms with Crippen molar-refractivity contribution < 1.29 is 9.75 Å². The number of hydrogen-bond donors (Lipinski definition) is 1. The van der Waals surface area contributed by atoms with E-state index in [1.807, 2.05) is 36.4 Å². The van der Waals surface area contributed by atoms with Gasteiger partial charge in [-0.05, 0) is 23.6 Å². The van der Waals surface area contributed by atoms with Crippen molar-refractivity contribution in [1.29, 1.82) is 0 Å². The Hall–Kier alpha value is -1.75. The van der Waals surface area contributed by atoms with E-state index < -0.39 is 6.10 Å². The van der Waals surface area contributed by atoms with Crippen molar-refractivity contribution in [3.8, 4) is 0 Å². The van der Waals surface area contributed by atoms with Crippen LogP contribution in [0.4, 0.5) is 0 Å². The van der Waals surface area contributed by atoms with Crippen molar-refractivity contribution in [2.75, 3.05) is 13.1 Å². The predicted molar refractivity (Wildman–Crippen MR) is 90.3 cm³/mol. The van der Waals surface area contributed by atoms with Crippen molar-refractivity contribution in [2.45, 2.75) is 25.0 Å². The maximum atomic E-state index is 13.3. The van der Waals surface area contributed by atoms with E-state index in [1.54, 1.807) is 6.20 Å². The molecule has 0 spiro atoms. The topological polar surface area (TPSA) is 56.2 Å². The quantitative estimate of drug-likeness (QED) is 0.538. The largest absolute Gasteiger partial charge is 0.632 e. The Labute approximate surface area is 136 Å². The SMILES string of the molecule is C=C[C@H]1C[N+]2([O-])CC[C@H]1C[C@@H]2[C@@H](O)c1ccnc2ccccc12. The van der Waals surface area contributed by atoms with Gasteiger partial charge in [-0.2, -0.15) is 0 Å². The zero-order valence-electron chi connectivity index (χ0n) is 13.1. The molecule has 2 aromatic rings. The number of rotatable bonds is 3. The van der Waals surface area contributed by atoms with Gasteiger partial charge >= 0.3 is 0 Å². The van der Waals surface area contributed by atoms with Gasteiger partial charge in [0.05, 0.1) is 18.6 Å². The first-order valence-corrected chi connectivity index (χ1v) is 8.34. The Morgan fingerprint density at radius 2 is 2.17 bits per heavy atom. The van der Waals surface area contributed by atoms with E-state index in [1.165, 1.54) is 0 Å². The molecule has 3 aliphatic rings. The number of fused-ring (bicyclic) bond motifs is 4. The van der Waals surface area contributed by atoms with Crippen LogP contribution in [-0.4, -0.2) is 33.9 Å². The van der Waals surface area contributed by atoms with Gasteiger partial charge in [0.15, 0.2) is 0 Å². The van der Waals surface area contributed by atoms with E-state index in [9.17, 15) is 10.3 Å². The molecular formula is C19H22N2O2. The summed E-state index contributed by atoms with van der Waals surface area (Å²) in [5.41, 5.74) is 1.69. The molecule has 5 atom stereocenters. The molecule has 4 nitrogen and oxygen atoms in total. The lowest BCUT2D eigenvalue weighted by molar-refractivity contribution is -0.929. The summed E-state index contributed by atoms with van der Waals surface area (Å²) in [6, 6.07) is 9.37. The predicted octanol–water partition coefficient (Wildman–Crippen LogP) is 3.18. The second-order valence-electron chi connectivity index (χ2n) is 6.97. The molecule has 0 aliphatic carbocycles. The Bertz CT molecular complexity index is 742. The van der Waals surface area contributed by atoms with Crippen molar-refractivity contribution >= 4 is 10.9 Å². The number of hydroxylamine groups is 3. The summed E-state index contributed by atoms with van der Waals surface area (Å²) in [4.78, 5) is 4.35. The molecule has 0 amide bonds. The molecule has 3 saturated heterocycles. The van der Waals surface area contributed by atoms with E-state index in [0.717, 1.165) is 29.3 Å². The van der Waals surface area contributed by atoms with Crippen LogP contribution < -0.4 is 0 Å². The monoisotopic (exact) mass is 310 g/mol. The molecule has 3 aliphatic heterocycles. The second kappa shape index (κ2) is 5.41. The van der Waals surface area contributed by atoms with E-state index in [2.05, 4.69) is 11.6 Å². The molecule has 4 heteroatoms. The fourth-order valence-electron chi connectivity index (χ4n) is 4.53. The molecule has 120 valence electrons. The van der Waals surface area contributed by atoms with Crippen molar-refractivity contribution in [2.24, 2.45) is 11.8 Å². The third kappa shape index (κ3) is 2.29. The van der Waals surface area contributed by atoms with Crippen molar-refractivity contribution in [3.63, 3.8) is 0 Å². The lowest BCUT2D eigenvalue weighted by Crippen LogP contribution is -2.64. The van der Waals surface area contributed by atoms with E-state index in [-0.39, 0.29) is 10.7 Å². The highest BCUT2D eigenvalue weighted by Gasteiger charge is 2.49. The third-order valence-corrected chi connectivity index (χ3v) is 5.82. The summed E-state index contributed by atoms with van der Waals surface area (Å²) in [6.45, 7) is 5.05. The summed E-state index contributed by atoms with van der Waals surface area (Å²) >= 11 is 0. The van der Waals surface area contributed by atoms with Crippen LogP contribution in [0.3, 0.4) is 0 Å². The molecule has 4 heterocycles. The van der Waals surface area contributed by atoms with Gasteiger partial charge in [-0.3, -0.25) is 4.98 Å². The first-order valence-electron chi connectivity index (χ1n) is 8.34. The van der Waals surface area contributed by atoms with Gasteiger partial charge in [0.2, 0.25) is 0 Å². The molecule has 1 aromatic carbocycles. The summed E-state index contributed by atoms with van der Waals surface area (Å²) in [5.74, 6) is 0.771.